The number of nitrogens with zero attached hydrogens (tertiary/aromatic N) is 1. The van der Waals surface area contributed by atoms with Crippen LogP contribution < -0.4 is 10.5 Å². The van der Waals surface area contributed by atoms with Gasteiger partial charge in [0.05, 0.1) is 4.90 Å². The summed E-state index contributed by atoms with van der Waals surface area (Å²) in [5, 5.41) is 8.60. The van der Waals surface area contributed by atoms with E-state index in [1.165, 1.54) is 19.4 Å². The minimum Gasteiger partial charge on any atom is -0.309 e. The van der Waals surface area contributed by atoms with Crippen molar-refractivity contribution in [3.8, 4) is 0 Å². The molecule has 2 unspecified atom stereocenters. The van der Waals surface area contributed by atoms with Crippen molar-refractivity contribution in [3.63, 3.8) is 0 Å². The first kappa shape index (κ1) is 15.4. The van der Waals surface area contributed by atoms with E-state index in [0.29, 0.717) is 6.04 Å². The van der Waals surface area contributed by atoms with Crippen molar-refractivity contribution in [1.29, 1.82) is 0 Å². The lowest BCUT2D eigenvalue weighted by Gasteiger charge is -2.22. The lowest BCUT2D eigenvalue weighted by Crippen LogP contribution is -2.36. The van der Waals surface area contributed by atoms with E-state index in [2.05, 4.69) is 24.2 Å². The van der Waals surface area contributed by atoms with E-state index in [-0.39, 0.29) is 10.9 Å². The summed E-state index contributed by atoms with van der Waals surface area (Å²) in [7, 11) is -1.45. The molecule has 0 aromatic heterocycles. The molecule has 0 bridgehead atoms. The Balaban J connectivity index is 1.94. The van der Waals surface area contributed by atoms with Crippen LogP contribution in [-0.4, -0.2) is 39.5 Å². The van der Waals surface area contributed by atoms with Gasteiger partial charge in [-0.15, -0.1) is 0 Å². The molecule has 0 radical (unpaired) electrons. The van der Waals surface area contributed by atoms with Crippen LogP contribution in [0.15, 0.2) is 29.2 Å². The van der Waals surface area contributed by atoms with E-state index in [0.717, 1.165) is 12.1 Å². The second-order valence-electron chi connectivity index (χ2n) is 5.52. The number of rotatable bonds is 5. The van der Waals surface area contributed by atoms with Crippen LogP contribution >= 0.6 is 0 Å². The number of likely N-dealkylation sites (tertiary alicyclic amines) is 1. The van der Waals surface area contributed by atoms with Crippen molar-refractivity contribution < 1.29 is 8.42 Å². The molecule has 0 aliphatic carbocycles. The van der Waals surface area contributed by atoms with Gasteiger partial charge in [0.25, 0.3) is 0 Å². The predicted octanol–water partition coefficient (Wildman–Crippen LogP) is 1.08. The van der Waals surface area contributed by atoms with Crippen molar-refractivity contribution in [2.75, 3.05) is 20.1 Å². The lowest BCUT2D eigenvalue weighted by atomic mass is 10.1. The fourth-order valence-corrected chi connectivity index (χ4v) is 3.13. The Morgan fingerprint density at radius 3 is 2.55 bits per heavy atom. The third-order valence-electron chi connectivity index (χ3n) is 4.04. The normalized spacial score (nSPS) is 22.1. The molecule has 0 saturated carbocycles. The van der Waals surface area contributed by atoms with Gasteiger partial charge in [-0.3, -0.25) is 0 Å². The van der Waals surface area contributed by atoms with Crippen LogP contribution in [0, 0.1) is 0 Å². The zero-order valence-corrected chi connectivity index (χ0v) is 12.9. The Labute approximate surface area is 121 Å². The summed E-state index contributed by atoms with van der Waals surface area (Å²) < 4.78 is 22.4. The molecule has 0 amide bonds. The molecule has 1 aliphatic rings. The fourth-order valence-electron chi connectivity index (χ4n) is 2.61. The highest BCUT2D eigenvalue weighted by Gasteiger charge is 2.21. The molecule has 112 valence electrons. The van der Waals surface area contributed by atoms with Gasteiger partial charge in [-0.2, -0.15) is 0 Å². The molecular formula is C14H23N3O2S. The molecule has 3 N–H and O–H groups in total. The largest absolute Gasteiger partial charge is 0.309 e. The van der Waals surface area contributed by atoms with Crippen molar-refractivity contribution in [3.05, 3.63) is 29.8 Å². The van der Waals surface area contributed by atoms with Gasteiger partial charge in [-0.1, -0.05) is 12.1 Å². The quantitative estimate of drug-likeness (QED) is 0.853. The SMILES string of the molecule is CC(NCC1CCCN1C)c1ccc(S(N)(=O)=O)cc1. The Bertz CT molecular complexity index is 542. The second kappa shape index (κ2) is 6.22. The average molecular weight is 297 g/mol. The van der Waals surface area contributed by atoms with Crippen molar-refractivity contribution >= 4 is 10.0 Å². The van der Waals surface area contributed by atoms with Crippen molar-refractivity contribution in [2.24, 2.45) is 5.14 Å². The third-order valence-corrected chi connectivity index (χ3v) is 4.97. The van der Waals surface area contributed by atoms with Crippen LogP contribution in [0.1, 0.15) is 31.4 Å². The molecule has 1 heterocycles. The maximum Gasteiger partial charge on any atom is 0.238 e. The number of nitrogens with one attached hydrogen (secondary N) is 1. The van der Waals surface area contributed by atoms with Crippen LogP contribution in [0.4, 0.5) is 0 Å². The number of likely N-dealkylation sites (N-methyl/N-ethyl adjacent to an activating group) is 1. The molecule has 1 saturated heterocycles. The topological polar surface area (TPSA) is 75.4 Å². The number of sulfonamides is 1. The standard InChI is InChI=1S/C14H23N3O2S/c1-11(16-10-13-4-3-9-17(13)2)12-5-7-14(8-6-12)20(15,18)19/h5-8,11,13,16H,3-4,9-10H2,1-2H3,(H2,15,18,19). The van der Waals surface area contributed by atoms with Crippen LogP contribution in [0.25, 0.3) is 0 Å². The van der Waals surface area contributed by atoms with Gasteiger partial charge in [0, 0.05) is 18.6 Å². The average Bonchev–Trinajstić information content (AvgIpc) is 2.81. The molecule has 0 spiro atoms. The Hall–Kier alpha value is -0.950. The highest BCUT2D eigenvalue weighted by Crippen LogP contribution is 2.18. The summed E-state index contributed by atoms with van der Waals surface area (Å²) in [4.78, 5) is 2.54. The van der Waals surface area contributed by atoms with Crippen molar-refractivity contribution in [1.82, 2.24) is 10.2 Å². The van der Waals surface area contributed by atoms with Gasteiger partial charge in [0.2, 0.25) is 10.0 Å². The summed E-state index contributed by atoms with van der Waals surface area (Å²) in [6.07, 6.45) is 2.50. The zero-order valence-electron chi connectivity index (χ0n) is 12.0. The minimum atomic E-state index is -3.61. The fraction of sp³-hybridized carbons (Fsp3) is 0.571. The second-order valence-corrected chi connectivity index (χ2v) is 7.08. The Kier molecular flexibility index (Phi) is 4.80. The molecule has 5 nitrogen and oxygen atoms in total. The van der Waals surface area contributed by atoms with Gasteiger partial charge >= 0.3 is 0 Å². The molecule has 1 aromatic carbocycles. The van der Waals surface area contributed by atoms with Crippen LogP contribution in [0.2, 0.25) is 0 Å². The minimum absolute atomic E-state index is 0.156. The van der Waals surface area contributed by atoms with E-state index in [9.17, 15) is 8.42 Å². The van der Waals surface area contributed by atoms with Crippen LogP contribution in [-0.2, 0) is 10.0 Å². The monoisotopic (exact) mass is 297 g/mol. The van der Waals surface area contributed by atoms with E-state index >= 15 is 0 Å². The van der Waals surface area contributed by atoms with Crippen molar-refractivity contribution in [2.45, 2.75) is 36.7 Å². The maximum atomic E-state index is 11.2. The van der Waals surface area contributed by atoms with E-state index < -0.39 is 10.0 Å². The predicted molar refractivity (Wildman–Crippen MR) is 79.9 cm³/mol. The molecular weight excluding hydrogens is 274 g/mol. The van der Waals surface area contributed by atoms with E-state index in [4.69, 9.17) is 5.14 Å². The van der Waals surface area contributed by atoms with Gasteiger partial charge < -0.3 is 10.2 Å². The molecule has 1 aliphatic heterocycles. The highest BCUT2D eigenvalue weighted by atomic mass is 32.2. The zero-order chi connectivity index (χ0) is 14.8. The van der Waals surface area contributed by atoms with Crippen LogP contribution in [0.3, 0.4) is 0 Å². The summed E-state index contributed by atoms with van der Waals surface area (Å²) in [6, 6.07) is 7.54. The first-order valence-electron chi connectivity index (χ1n) is 6.94. The molecule has 2 atom stereocenters. The van der Waals surface area contributed by atoms with Gasteiger partial charge in [-0.25, -0.2) is 13.6 Å². The number of hydrogen-bond donors (Lipinski definition) is 2. The molecule has 6 heteroatoms. The van der Waals surface area contributed by atoms with Gasteiger partial charge in [0.1, 0.15) is 0 Å². The van der Waals surface area contributed by atoms with Crippen LogP contribution in [0.5, 0.6) is 0 Å². The smallest absolute Gasteiger partial charge is 0.238 e. The van der Waals surface area contributed by atoms with Gasteiger partial charge in [0.15, 0.2) is 0 Å². The lowest BCUT2D eigenvalue weighted by molar-refractivity contribution is 0.293. The number of nitrogens with two attached hydrogens (primary N) is 1. The summed E-state index contributed by atoms with van der Waals surface area (Å²) in [5.74, 6) is 0. The maximum absolute atomic E-state index is 11.2. The third kappa shape index (κ3) is 3.79. The number of hydrogen-bond acceptors (Lipinski definition) is 4. The first-order valence-corrected chi connectivity index (χ1v) is 8.49. The Morgan fingerprint density at radius 1 is 1.40 bits per heavy atom. The number of benzene rings is 1. The van der Waals surface area contributed by atoms with Gasteiger partial charge in [-0.05, 0) is 51.1 Å². The van der Waals surface area contributed by atoms with E-state index in [1.807, 2.05) is 12.1 Å². The summed E-state index contributed by atoms with van der Waals surface area (Å²) in [5.41, 5.74) is 1.07. The molecule has 20 heavy (non-hydrogen) atoms. The summed E-state index contributed by atoms with van der Waals surface area (Å²) >= 11 is 0. The van der Waals surface area contributed by atoms with E-state index in [1.54, 1.807) is 12.1 Å². The Morgan fingerprint density at radius 2 is 2.05 bits per heavy atom. The number of primary sulfonamides is 1. The highest BCUT2D eigenvalue weighted by molar-refractivity contribution is 7.89. The first-order chi connectivity index (χ1) is 9.38. The molecule has 1 fully saturated rings. The summed E-state index contributed by atoms with van der Waals surface area (Å²) in [6.45, 7) is 4.21. The molecule has 1 aromatic rings. The molecule has 2 rings (SSSR count).